The smallest absolute Gasteiger partial charge is 0.160 e. The van der Waals surface area contributed by atoms with E-state index in [0.717, 1.165) is 12.8 Å². The van der Waals surface area contributed by atoms with Crippen LogP contribution in [0.2, 0.25) is 0 Å². The van der Waals surface area contributed by atoms with E-state index in [1.165, 1.54) is 32.1 Å². The highest BCUT2D eigenvalue weighted by Crippen LogP contribution is 2.27. The molecule has 0 spiro atoms. The number of hydrogen-bond donors (Lipinski definition) is 0. The van der Waals surface area contributed by atoms with E-state index in [0.29, 0.717) is 18.1 Å². The summed E-state index contributed by atoms with van der Waals surface area (Å²) in [6.07, 6.45) is 11.0. The summed E-state index contributed by atoms with van der Waals surface area (Å²) < 4.78 is 12.0. The van der Waals surface area contributed by atoms with Crippen LogP contribution in [0.1, 0.15) is 65.7 Å². The Bertz CT molecular complexity index is 225. The zero-order valence-electron chi connectivity index (χ0n) is 12.4. The monoisotopic (exact) mass is 254 g/mol. The topological polar surface area (TPSA) is 18.5 Å². The van der Waals surface area contributed by atoms with Crippen LogP contribution in [0.5, 0.6) is 0 Å². The molecule has 2 nitrogen and oxygen atoms in total. The molecule has 1 heterocycles. The lowest BCUT2D eigenvalue weighted by atomic mass is 10.0. The predicted octanol–water partition coefficient (Wildman–Crippen LogP) is 4.69. The molecular formula is C16H30O2. The summed E-state index contributed by atoms with van der Waals surface area (Å²) in [5.74, 6) is 0.427. The molecule has 1 aliphatic rings. The Morgan fingerprint density at radius 1 is 1.17 bits per heavy atom. The average molecular weight is 254 g/mol. The summed E-state index contributed by atoms with van der Waals surface area (Å²) in [5.41, 5.74) is 0. The van der Waals surface area contributed by atoms with Crippen LogP contribution in [0.15, 0.2) is 12.7 Å². The molecule has 1 rings (SSSR count). The molecule has 0 aliphatic carbocycles. The van der Waals surface area contributed by atoms with Gasteiger partial charge in [0.15, 0.2) is 6.29 Å². The van der Waals surface area contributed by atoms with Crippen LogP contribution in [0.3, 0.4) is 0 Å². The lowest BCUT2D eigenvalue weighted by Crippen LogP contribution is -2.40. The van der Waals surface area contributed by atoms with Gasteiger partial charge in [-0.1, -0.05) is 52.5 Å². The van der Waals surface area contributed by atoms with Gasteiger partial charge in [-0.05, 0) is 12.8 Å². The lowest BCUT2D eigenvalue weighted by Gasteiger charge is -2.37. The Labute approximate surface area is 113 Å². The number of ether oxygens (including phenoxy) is 2. The fraction of sp³-hybridized carbons (Fsp3) is 0.875. The molecule has 0 unspecified atom stereocenters. The van der Waals surface area contributed by atoms with Gasteiger partial charge in [0.2, 0.25) is 0 Å². The Hall–Kier alpha value is -0.340. The maximum atomic E-state index is 6.05. The molecule has 1 aliphatic heterocycles. The van der Waals surface area contributed by atoms with Crippen LogP contribution in [0.4, 0.5) is 0 Å². The third-order valence-electron chi connectivity index (χ3n) is 3.53. The van der Waals surface area contributed by atoms with Gasteiger partial charge >= 0.3 is 0 Å². The quantitative estimate of drug-likeness (QED) is 0.462. The largest absolute Gasteiger partial charge is 0.349 e. The van der Waals surface area contributed by atoms with E-state index in [2.05, 4.69) is 27.4 Å². The fourth-order valence-corrected chi connectivity index (χ4v) is 2.45. The summed E-state index contributed by atoms with van der Waals surface area (Å²) in [6, 6.07) is 0. The van der Waals surface area contributed by atoms with E-state index in [4.69, 9.17) is 9.47 Å². The summed E-state index contributed by atoms with van der Waals surface area (Å²) in [7, 11) is 0. The van der Waals surface area contributed by atoms with E-state index in [9.17, 15) is 0 Å². The standard InChI is InChI=1S/C16H30O2/c1-5-7-8-9-11-15-12-14(10-6-2)17-16(18-15)13(3)4/h6,13-16H,2,5,7-12H2,1,3-4H3/t14-,15-,16+/m0/s1. The van der Waals surface area contributed by atoms with Gasteiger partial charge in [0, 0.05) is 12.3 Å². The lowest BCUT2D eigenvalue weighted by molar-refractivity contribution is -0.259. The third-order valence-corrected chi connectivity index (χ3v) is 3.53. The van der Waals surface area contributed by atoms with Crippen molar-refractivity contribution in [1.29, 1.82) is 0 Å². The van der Waals surface area contributed by atoms with Crippen molar-refractivity contribution < 1.29 is 9.47 Å². The van der Waals surface area contributed by atoms with Crippen LogP contribution in [0, 0.1) is 5.92 Å². The minimum atomic E-state index is -0.0279. The maximum absolute atomic E-state index is 6.05. The van der Waals surface area contributed by atoms with Gasteiger partial charge in [-0.15, -0.1) is 6.58 Å². The molecule has 0 aromatic rings. The first-order valence-corrected chi connectivity index (χ1v) is 7.59. The van der Waals surface area contributed by atoms with Crippen LogP contribution >= 0.6 is 0 Å². The van der Waals surface area contributed by atoms with E-state index in [-0.39, 0.29) is 6.29 Å². The molecule has 1 fully saturated rings. The second kappa shape index (κ2) is 8.71. The van der Waals surface area contributed by atoms with Crippen molar-refractivity contribution in [1.82, 2.24) is 0 Å². The van der Waals surface area contributed by atoms with E-state index in [1.54, 1.807) is 0 Å². The molecule has 1 saturated heterocycles. The summed E-state index contributed by atoms with van der Waals surface area (Å²) >= 11 is 0. The molecule has 3 atom stereocenters. The SMILES string of the molecule is C=CC[C@H]1C[C@H](CCCCCC)O[C@H](C(C)C)O1. The van der Waals surface area contributed by atoms with Gasteiger partial charge in [0.1, 0.15) is 0 Å². The molecule has 0 bridgehead atoms. The fourth-order valence-electron chi connectivity index (χ4n) is 2.45. The molecule has 0 radical (unpaired) electrons. The summed E-state index contributed by atoms with van der Waals surface area (Å²) in [6.45, 7) is 10.4. The molecule has 0 aromatic heterocycles. The summed E-state index contributed by atoms with van der Waals surface area (Å²) in [4.78, 5) is 0. The van der Waals surface area contributed by atoms with Gasteiger partial charge in [0.05, 0.1) is 12.2 Å². The Morgan fingerprint density at radius 2 is 1.89 bits per heavy atom. The highest BCUT2D eigenvalue weighted by Gasteiger charge is 2.30. The van der Waals surface area contributed by atoms with Gasteiger partial charge in [0.25, 0.3) is 0 Å². The average Bonchev–Trinajstić information content (AvgIpc) is 2.35. The first-order valence-electron chi connectivity index (χ1n) is 7.59. The van der Waals surface area contributed by atoms with Crippen molar-refractivity contribution in [2.45, 2.75) is 84.2 Å². The van der Waals surface area contributed by atoms with Gasteiger partial charge in [-0.3, -0.25) is 0 Å². The second-order valence-electron chi connectivity index (χ2n) is 5.74. The molecule has 18 heavy (non-hydrogen) atoms. The Kier molecular flexibility index (Phi) is 7.60. The zero-order chi connectivity index (χ0) is 13.4. The van der Waals surface area contributed by atoms with Gasteiger partial charge in [-0.25, -0.2) is 0 Å². The normalized spacial score (nSPS) is 28.6. The number of rotatable bonds is 8. The number of hydrogen-bond acceptors (Lipinski definition) is 2. The second-order valence-corrected chi connectivity index (χ2v) is 5.74. The number of unbranched alkanes of at least 4 members (excludes halogenated alkanes) is 3. The van der Waals surface area contributed by atoms with Crippen molar-refractivity contribution in [3.05, 3.63) is 12.7 Å². The zero-order valence-corrected chi connectivity index (χ0v) is 12.4. The van der Waals surface area contributed by atoms with Crippen molar-refractivity contribution >= 4 is 0 Å². The predicted molar refractivity (Wildman–Crippen MR) is 76.6 cm³/mol. The van der Waals surface area contributed by atoms with Crippen molar-refractivity contribution in [3.8, 4) is 0 Å². The third kappa shape index (κ3) is 5.53. The maximum Gasteiger partial charge on any atom is 0.160 e. The van der Waals surface area contributed by atoms with Gasteiger partial charge in [-0.2, -0.15) is 0 Å². The molecule has 0 amide bonds. The molecule has 0 N–H and O–H groups in total. The van der Waals surface area contributed by atoms with Crippen LogP contribution in [-0.4, -0.2) is 18.5 Å². The molecule has 2 heteroatoms. The molecule has 106 valence electrons. The van der Waals surface area contributed by atoms with Crippen molar-refractivity contribution in [2.24, 2.45) is 5.92 Å². The van der Waals surface area contributed by atoms with Crippen LogP contribution < -0.4 is 0 Å². The van der Waals surface area contributed by atoms with E-state index < -0.39 is 0 Å². The Morgan fingerprint density at radius 3 is 2.50 bits per heavy atom. The molecule has 0 saturated carbocycles. The molecular weight excluding hydrogens is 224 g/mol. The first-order chi connectivity index (χ1) is 8.67. The first kappa shape index (κ1) is 15.7. The highest BCUT2D eigenvalue weighted by molar-refractivity contribution is 4.80. The van der Waals surface area contributed by atoms with Crippen LogP contribution in [-0.2, 0) is 9.47 Å². The van der Waals surface area contributed by atoms with Crippen molar-refractivity contribution in [3.63, 3.8) is 0 Å². The van der Waals surface area contributed by atoms with Crippen molar-refractivity contribution in [2.75, 3.05) is 0 Å². The van der Waals surface area contributed by atoms with E-state index in [1.807, 2.05) is 6.08 Å². The summed E-state index contributed by atoms with van der Waals surface area (Å²) in [5, 5.41) is 0. The minimum absolute atomic E-state index is 0.0279. The highest BCUT2D eigenvalue weighted by atomic mass is 16.7. The van der Waals surface area contributed by atoms with Crippen LogP contribution in [0.25, 0.3) is 0 Å². The molecule has 0 aromatic carbocycles. The minimum Gasteiger partial charge on any atom is -0.349 e. The Balaban J connectivity index is 2.37. The van der Waals surface area contributed by atoms with E-state index >= 15 is 0 Å². The van der Waals surface area contributed by atoms with Gasteiger partial charge < -0.3 is 9.47 Å².